The van der Waals surface area contributed by atoms with Crippen LogP contribution in [0.3, 0.4) is 0 Å². The number of carbonyl (C=O) groups excluding carboxylic acids is 1. The summed E-state index contributed by atoms with van der Waals surface area (Å²) in [5, 5.41) is 3.12. The minimum atomic E-state index is 0.169. The molecule has 166 valence electrons. The van der Waals surface area contributed by atoms with Gasteiger partial charge in [-0.3, -0.25) is 4.79 Å². The normalized spacial score (nSPS) is 18.8. The van der Waals surface area contributed by atoms with Crippen LogP contribution in [0.25, 0.3) is 6.08 Å². The van der Waals surface area contributed by atoms with Crippen molar-refractivity contribution >= 4 is 17.7 Å². The Balaban J connectivity index is 1.32. The Bertz CT molecular complexity index is 828. The SMILES string of the molecule is CCN(CCNC(=O)C[NH+]1CC[NH+](C/C=C/c2ccccc2)CC1)c1cccc(C)c1. The van der Waals surface area contributed by atoms with Gasteiger partial charge in [0.2, 0.25) is 0 Å². The molecule has 0 spiro atoms. The third-order valence-electron chi connectivity index (χ3n) is 6.04. The second kappa shape index (κ2) is 12.3. The van der Waals surface area contributed by atoms with Gasteiger partial charge in [0.25, 0.3) is 5.91 Å². The van der Waals surface area contributed by atoms with Gasteiger partial charge in [-0.2, -0.15) is 0 Å². The zero-order valence-corrected chi connectivity index (χ0v) is 19.1. The van der Waals surface area contributed by atoms with Crippen molar-refractivity contribution in [2.45, 2.75) is 13.8 Å². The fourth-order valence-corrected chi connectivity index (χ4v) is 4.18. The molecular formula is C26H38N4O+2. The third-order valence-corrected chi connectivity index (χ3v) is 6.04. The molecule has 1 saturated heterocycles. The average molecular weight is 423 g/mol. The van der Waals surface area contributed by atoms with Crippen molar-refractivity contribution in [1.29, 1.82) is 0 Å². The summed E-state index contributed by atoms with van der Waals surface area (Å²) in [4.78, 5) is 17.7. The van der Waals surface area contributed by atoms with Crippen LogP contribution < -0.4 is 20.0 Å². The molecule has 3 rings (SSSR count). The minimum Gasteiger partial charge on any atom is -0.370 e. The van der Waals surface area contributed by atoms with E-state index in [2.05, 4.69) is 84.7 Å². The molecule has 1 aliphatic heterocycles. The molecule has 0 radical (unpaired) electrons. The van der Waals surface area contributed by atoms with E-state index in [0.29, 0.717) is 13.1 Å². The molecule has 31 heavy (non-hydrogen) atoms. The first-order valence-corrected chi connectivity index (χ1v) is 11.6. The number of benzene rings is 2. The molecule has 0 aromatic heterocycles. The number of aryl methyl sites for hydroxylation is 1. The lowest BCUT2D eigenvalue weighted by Crippen LogP contribution is -3.28. The molecule has 3 N–H and O–H groups in total. The van der Waals surface area contributed by atoms with Crippen molar-refractivity contribution in [1.82, 2.24) is 5.32 Å². The summed E-state index contributed by atoms with van der Waals surface area (Å²) >= 11 is 0. The van der Waals surface area contributed by atoms with Crippen LogP contribution in [-0.4, -0.2) is 64.8 Å². The largest absolute Gasteiger partial charge is 0.370 e. The molecule has 0 unspecified atom stereocenters. The Kier molecular flexibility index (Phi) is 9.13. The highest BCUT2D eigenvalue weighted by Crippen LogP contribution is 2.14. The Morgan fingerprint density at radius 2 is 1.77 bits per heavy atom. The van der Waals surface area contributed by atoms with Gasteiger partial charge in [0, 0.05) is 25.3 Å². The van der Waals surface area contributed by atoms with Crippen molar-refractivity contribution in [3.63, 3.8) is 0 Å². The van der Waals surface area contributed by atoms with E-state index in [9.17, 15) is 4.79 Å². The van der Waals surface area contributed by atoms with Gasteiger partial charge in [-0.1, -0.05) is 48.5 Å². The fourth-order valence-electron chi connectivity index (χ4n) is 4.18. The smallest absolute Gasteiger partial charge is 0.275 e. The quantitative estimate of drug-likeness (QED) is 0.520. The lowest BCUT2D eigenvalue weighted by molar-refractivity contribution is -1.01. The highest BCUT2D eigenvalue weighted by molar-refractivity contribution is 5.76. The summed E-state index contributed by atoms with van der Waals surface area (Å²) in [6, 6.07) is 19.0. The van der Waals surface area contributed by atoms with E-state index in [4.69, 9.17) is 0 Å². The number of hydrogen-bond acceptors (Lipinski definition) is 2. The third kappa shape index (κ3) is 7.85. The molecule has 1 heterocycles. The van der Waals surface area contributed by atoms with Gasteiger partial charge in [0.05, 0.1) is 6.54 Å². The standard InChI is InChI=1S/C26H36N4O/c1-3-30(25-13-7-9-23(2)21-25)16-14-27-26(31)22-29-19-17-28(18-20-29)15-8-12-24-10-5-4-6-11-24/h4-13,21H,3,14-20,22H2,1-2H3,(H,27,31)/p+2/b12-8+. The predicted molar refractivity (Wildman–Crippen MR) is 129 cm³/mol. The number of rotatable bonds is 10. The minimum absolute atomic E-state index is 0.169. The van der Waals surface area contributed by atoms with Crippen molar-refractivity contribution in [2.75, 3.05) is 63.8 Å². The maximum atomic E-state index is 12.4. The van der Waals surface area contributed by atoms with Crippen LogP contribution in [0.2, 0.25) is 0 Å². The molecule has 0 atom stereocenters. The number of nitrogens with one attached hydrogen (secondary N) is 3. The van der Waals surface area contributed by atoms with E-state index in [1.165, 1.54) is 21.7 Å². The highest BCUT2D eigenvalue weighted by Gasteiger charge is 2.23. The van der Waals surface area contributed by atoms with Crippen molar-refractivity contribution in [2.24, 2.45) is 0 Å². The van der Waals surface area contributed by atoms with E-state index >= 15 is 0 Å². The summed E-state index contributed by atoms with van der Waals surface area (Å²) in [6.45, 7) is 12.8. The molecule has 1 aliphatic rings. The van der Waals surface area contributed by atoms with E-state index in [1.807, 2.05) is 6.07 Å². The Morgan fingerprint density at radius 1 is 1.03 bits per heavy atom. The number of hydrogen-bond donors (Lipinski definition) is 3. The molecule has 5 nitrogen and oxygen atoms in total. The first-order chi connectivity index (χ1) is 15.1. The zero-order chi connectivity index (χ0) is 21.9. The van der Waals surface area contributed by atoms with Crippen LogP contribution in [-0.2, 0) is 4.79 Å². The maximum Gasteiger partial charge on any atom is 0.275 e. The van der Waals surface area contributed by atoms with Crippen molar-refractivity contribution in [3.05, 3.63) is 71.8 Å². The van der Waals surface area contributed by atoms with Gasteiger partial charge in [-0.05, 0) is 43.2 Å². The van der Waals surface area contributed by atoms with E-state index < -0.39 is 0 Å². The molecule has 0 bridgehead atoms. The Labute approximate surface area is 187 Å². The molecular weight excluding hydrogens is 384 g/mol. The lowest BCUT2D eigenvalue weighted by Gasteiger charge is -2.29. The topological polar surface area (TPSA) is 41.2 Å². The summed E-state index contributed by atoms with van der Waals surface area (Å²) in [5.74, 6) is 0.169. The van der Waals surface area contributed by atoms with Crippen molar-refractivity contribution < 1.29 is 14.6 Å². The number of likely N-dealkylation sites (N-methyl/N-ethyl adjacent to an activating group) is 1. The van der Waals surface area contributed by atoms with Crippen molar-refractivity contribution in [3.8, 4) is 0 Å². The number of anilines is 1. The average Bonchev–Trinajstić information content (AvgIpc) is 2.79. The highest BCUT2D eigenvalue weighted by atomic mass is 16.2. The fraction of sp³-hybridized carbons (Fsp3) is 0.423. The van der Waals surface area contributed by atoms with Crippen LogP contribution in [0.1, 0.15) is 18.1 Å². The zero-order valence-electron chi connectivity index (χ0n) is 19.1. The van der Waals surface area contributed by atoms with Gasteiger partial charge in [0.15, 0.2) is 6.54 Å². The summed E-state index contributed by atoms with van der Waals surface area (Å²) < 4.78 is 0. The number of quaternary nitrogens is 2. The van der Waals surface area contributed by atoms with Gasteiger partial charge < -0.3 is 20.0 Å². The number of carbonyl (C=O) groups is 1. The van der Waals surface area contributed by atoms with Gasteiger partial charge >= 0.3 is 0 Å². The second-order valence-corrected chi connectivity index (χ2v) is 8.46. The number of amides is 1. The van der Waals surface area contributed by atoms with Crippen LogP contribution in [0.15, 0.2) is 60.7 Å². The van der Waals surface area contributed by atoms with Crippen LogP contribution in [0.4, 0.5) is 5.69 Å². The summed E-state index contributed by atoms with van der Waals surface area (Å²) in [5.41, 5.74) is 3.75. The number of piperazine rings is 1. The Hall–Kier alpha value is -2.63. The molecule has 0 saturated carbocycles. The van der Waals surface area contributed by atoms with Gasteiger partial charge in [-0.15, -0.1) is 0 Å². The maximum absolute atomic E-state index is 12.4. The molecule has 0 aliphatic carbocycles. The molecule has 1 fully saturated rings. The molecule has 2 aromatic rings. The van der Waals surface area contributed by atoms with Crippen LogP contribution >= 0.6 is 0 Å². The van der Waals surface area contributed by atoms with E-state index in [0.717, 1.165) is 45.8 Å². The van der Waals surface area contributed by atoms with Crippen LogP contribution in [0.5, 0.6) is 0 Å². The van der Waals surface area contributed by atoms with E-state index in [-0.39, 0.29) is 5.91 Å². The second-order valence-electron chi connectivity index (χ2n) is 8.46. The molecule has 1 amide bonds. The first kappa shape index (κ1) is 23.0. The van der Waals surface area contributed by atoms with Gasteiger partial charge in [0.1, 0.15) is 26.2 Å². The summed E-state index contributed by atoms with van der Waals surface area (Å²) in [7, 11) is 0. The predicted octanol–water partition coefficient (Wildman–Crippen LogP) is 0.434. The Morgan fingerprint density at radius 3 is 2.48 bits per heavy atom. The summed E-state index contributed by atoms with van der Waals surface area (Å²) in [6.07, 6.45) is 4.48. The monoisotopic (exact) mass is 422 g/mol. The first-order valence-electron chi connectivity index (χ1n) is 11.6. The lowest BCUT2D eigenvalue weighted by atomic mass is 10.2. The van der Waals surface area contributed by atoms with Gasteiger partial charge in [-0.25, -0.2) is 0 Å². The molecule has 2 aromatic carbocycles. The van der Waals surface area contributed by atoms with Crippen LogP contribution in [0, 0.1) is 6.92 Å². The molecule has 5 heteroatoms. The van der Waals surface area contributed by atoms with E-state index in [1.54, 1.807) is 4.90 Å². The number of nitrogens with zero attached hydrogens (tertiary/aromatic N) is 1.